The fourth-order valence-corrected chi connectivity index (χ4v) is 3.57. The van der Waals surface area contributed by atoms with E-state index in [1.807, 2.05) is 6.92 Å². The Hall–Kier alpha value is -1.81. The third kappa shape index (κ3) is 3.48. The van der Waals surface area contributed by atoms with Crippen LogP contribution >= 0.6 is 11.6 Å². The van der Waals surface area contributed by atoms with E-state index in [1.54, 1.807) is 0 Å². The molecule has 2 N–H and O–H groups in total. The summed E-state index contributed by atoms with van der Waals surface area (Å²) in [6.07, 6.45) is 1.98. The SMILES string of the molecule is CCC(CC)N(c1nc(C)nc(N)c1Cl)c1c(C)cc(C)cc1C. The Morgan fingerprint density at radius 2 is 1.58 bits per heavy atom. The van der Waals surface area contributed by atoms with Gasteiger partial charge in [0.1, 0.15) is 16.7 Å². The van der Waals surface area contributed by atoms with E-state index in [0.29, 0.717) is 22.5 Å². The minimum atomic E-state index is 0.288. The molecule has 0 radical (unpaired) electrons. The smallest absolute Gasteiger partial charge is 0.158 e. The maximum atomic E-state index is 6.51. The average Bonchev–Trinajstić information content (AvgIpc) is 2.49. The molecular formula is C19H27ClN4. The molecule has 0 bridgehead atoms. The molecule has 0 amide bonds. The highest BCUT2D eigenvalue weighted by Gasteiger charge is 2.26. The molecule has 4 nitrogen and oxygen atoms in total. The Balaban J connectivity index is 2.77. The topological polar surface area (TPSA) is 55.0 Å². The largest absolute Gasteiger partial charge is 0.382 e. The van der Waals surface area contributed by atoms with Gasteiger partial charge in [0, 0.05) is 11.7 Å². The van der Waals surface area contributed by atoms with E-state index in [2.05, 4.69) is 61.6 Å². The van der Waals surface area contributed by atoms with Crippen LogP contribution < -0.4 is 10.6 Å². The lowest BCUT2D eigenvalue weighted by atomic mass is 10.0. The predicted molar refractivity (Wildman–Crippen MR) is 103 cm³/mol. The molecule has 1 heterocycles. The number of benzene rings is 1. The molecule has 2 aromatic rings. The molecule has 0 saturated heterocycles. The summed E-state index contributed by atoms with van der Waals surface area (Å²) in [5.41, 5.74) is 10.9. The third-order valence-corrected chi connectivity index (χ3v) is 4.75. The van der Waals surface area contributed by atoms with Crippen molar-refractivity contribution in [2.45, 2.75) is 60.4 Å². The van der Waals surface area contributed by atoms with Crippen LogP contribution in [0.4, 0.5) is 17.3 Å². The fourth-order valence-electron chi connectivity index (χ4n) is 3.39. The third-order valence-electron chi connectivity index (χ3n) is 4.38. The zero-order valence-corrected chi connectivity index (χ0v) is 16.2. The number of aryl methyl sites for hydroxylation is 4. The first kappa shape index (κ1) is 18.5. The highest BCUT2D eigenvalue weighted by molar-refractivity contribution is 6.35. The molecule has 0 aliphatic carbocycles. The molecule has 1 aromatic heterocycles. The summed E-state index contributed by atoms with van der Waals surface area (Å²) in [5, 5.41) is 0.423. The number of anilines is 3. The first-order chi connectivity index (χ1) is 11.3. The second-order valence-electron chi connectivity index (χ2n) is 6.38. The number of rotatable bonds is 5. The van der Waals surface area contributed by atoms with Crippen LogP contribution in [0.5, 0.6) is 0 Å². The van der Waals surface area contributed by atoms with E-state index >= 15 is 0 Å². The predicted octanol–water partition coefficient (Wildman–Crippen LogP) is 5.27. The summed E-state index contributed by atoms with van der Waals surface area (Å²) in [5.74, 6) is 1.66. The van der Waals surface area contributed by atoms with Crippen molar-refractivity contribution < 1.29 is 0 Å². The van der Waals surface area contributed by atoms with Crippen LogP contribution in [0.15, 0.2) is 12.1 Å². The van der Waals surface area contributed by atoms with E-state index in [4.69, 9.17) is 17.3 Å². The molecule has 0 saturated carbocycles. The van der Waals surface area contributed by atoms with E-state index in [1.165, 1.54) is 16.7 Å². The number of halogens is 1. The zero-order valence-electron chi connectivity index (χ0n) is 15.4. The van der Waals surface area contributed by atoms with Gasteiger partial charge in [0.15, 0.2) is 5.82 Å². The van der Waals surface area contributed by atoms with Gasteiger partial charge in [-0.15, -0.1) is 0 Å². The molecule has 0 atom stereocenters. The summed E-state index contributed by atoms with van der Waals surface area (Å²) >= 11 is 6.51. The van der Waals surface area contributed by atoms with Crippen LogP contribution in [0.25, 0.3) is 0 Å². The second-order valence-corrected chi connectivity index (χ2v) is 6.76. The maximum Gasteiger partial charge on any atom is 0.158 e. The Morgan fingerprint density at radius 3 is 2.08 bits per heavy atom. The summed E-state index contributed by atoms with van der Waals surface area (Å²) in [4.78, 5) is 11.1. The minimum Gasteiger partial charge on any atom is -0.382 e. The van der Waals surface area contributed by atoms with Gasteiger partial charge in [0.2, 0.25) is 0 Å². The van der Waals surface area contributed by atoms with Crippen molar-refractivity contribution in [2.24, 2.45) is 0 Å². The van der Waals surface area contributed by atoms with Crippen LogP contribution in [0.2, 0.25) is 5.02 Å². The van der Waals surface area contributed by atoms with Crippen molar-refractivity contribution >= 4 is 28.9 Å². The fraction of sp³-hybridized carbons (Fsp3) is 0.474. The number of aromatic nitrogens is 2. The van der Waals surface area contributed by atoms with Gasteiger partial charge in [0.05, 0.1) is 0 Å². The molecule has 0 spiro atoms. The van der Waals surface area contributed by atoms with Crippen LogP contribution in [-0.4, -0.2) is 16.0 Å². The lowest BCUT2D eigenvalue weighted by Gasteiger charge is -2.35. The molecule has 2 rings (SSSR count). The van der Waals surface area contributed by atoms with Crippen molar-refractivity contribution in [3.8, 4) is 0 Å². The lowest BCUT2D eigenvalue weighted by Crippen LogP contribution is -2.32. The normalized spacial score (nSPS) is 11.2. The van der Waals surface area contributed by atoms with Crippen molar-refractivity contribution in [3.05, 3.63) is 39.7 Å². The van der Waals surface area contributed by atoms with Crippen LogP contribution in [0.1, 0.15) is 49.2 Å². The summed E-state index contributed by atoms with van der Waals surface area (Å²) in [6, 6.07) is 4.68. The number of nitrogens with zero attached hydrogens (tertiary/aromatic N) is 3. The standard InChI is InChI=1S/C19H27ClN4/c1-7-15(8-2)24(17-12(4)9-11(3)10-13(17)5)19-16(20)18(21)22-14(6)23-19/h9-10,15H,7-8H2,1-6H3,(H2,21,22,23). The molecule has 5 heteroatoms. The molecule has 24 heavy (non-hydrogen) atoms. The molecule has 0 unspecified atom stereocenters. The van der Waals surface area contributed by atoms with Crippen molar-refractivity contribution in [1.29, 1.82) is 0 Å². The van der Waals surface area contributed by atoms with Gasteiger partial charge in [-0.05, 0) is 51.7 Å². The van der Waals surface area contributed by atoms with Gasteiger partial charge in [-0.2, -0.15) is 0 Å². The number of nitrogens with two attached hydrogens (primary N) is 1. The van der Waals surface area contributed by atoms with Crippen LogP contribution in [0.3, 0.4) is 0 Å². The summed E-state index contributed by atoms with van der Waals surface area (Å²) < 4.78 is 0. The van der Waals surface area contributed by atoms with Gasteiger partial charge in [-0.1, -0.05) is 43.1 Å². The second kappa shape index (κ2) is 7.39. The van der Waals surface area contributed by atoms with Gasteiger partial charge in [-0.25, -0.2) is 9.97 Å². The first-order valence-electron chi connectivity index (χ1n) is 8.46. The summed E-state index contributed by atoms with van der Waals surface area (Å²) in [7, 11) is 0. The Bertz CT molecular complexity index is 715. The number of nitrogen functional groups attached to an aromatic ring is 1. The van der Waals surface area contributed by atoms with Crippen molar-refractivity contribution in [1.82, 2.24) is 9.97 Å². The van der Waals surface area contributed by atoms with Gasteiger partial charge < -0.3 is 10.6 Å². The van der Waals surface area contributed by atoms with Gasteiger partial charge in [-0.3, -0.25) is 0 Å². The molecule has 130 valence electrons. The maximum absolute atomic E-state index is 6.51. The average molecular weight is 347 g/mol. The van der Waals surface area contributed by atoms with Crippen LogP contribution in [0, 0.1) is 27.7 Å². The molecular weight excluding hydrogens is 320 g/mol. The van der Waals surface area contributed by atoms with E-state index in [-0.39, 0.29) is 6.04 Å². The van der Waals surface area contributed by atoms with Gasteiger partial charge in [0.25, 0.3) is 0 Å². The Morgan fingerprint density at radius 1 is 1.04 bits per heavy atom. The van der Waals surface area contributed by atoms with Crippen molar-refractivity contribution in [3.63, 3.8) is 0 Å². The van der Waals surface area contributed by atoms with E-state index in [0.717, 1.165) is 18.5 Å². The van der Waals surface area contributed by atoms with Gasteiger partial charge >= 0.3 is 0 Å². The Kier molecular flexibility index (Phi) is 5.70. The highest BCUT2D eigenvalue weighted by atomic mass is 35.5. The molecule has 0 aliphatic rings. The number of hydrogen-bond donors (Lipinski definition) is 1. The number of hydrogen-bond acceptors (Lipinski definition) is 4. The van der Waals surface area contributed by atoms with E-state index in [9.17, 15) is 0 Å². The highest BCUT2D eigenvalue weighted by Crippen LogP contribution is 2.39. The molecule has 1 aromatic carbocycles. The van der Waals surface area contributed by atoms with Crippen molar-refractivity contribution in [2.75, 3.05) is 10.6 Å². The quantitative estimate of drug-likeness (QED) is 0.800. The summed E-state index contributed by atoms with van der Waals surface area (Å²) in [6.45, 7) is 12.6. The molecule has 0 aliphatic heterocycles. The Labute approximate surface area is 150 Å². The van der Waals surface area contributed by atoms with E-state index < -0.39 is 0 Å². The first-order valence-corrected chi connectivity index (χ1v) is 8.84. The lowest BCUT2D eigenvalue weighted by molar-refractivity contribution is 0.603. The zero-order chi connectivity index (χ0) is 18.0. The van der Waals surface area contributed by atoms with Crippen LogP contribution in [-0.2, 0) is 0 Å². The monoisotopic (exact) mass is 346 g/mol. The minimum absolute atomic E-state index is 0.288. The molecule has 0 fully saturated rings.